The van der Waals surface area contributed by atoms with Gasteiger partial charge in [-0.1, -0.05) is 50.1 Å². The molecule has 6 heteroatoms. The molecule has 1 aromatic rings. The number of esters is 1. The molecule has 0 spiro atoms. The van der Waals surface area contributed by atoms with E-state index < -0.39 is 11.9 Å². The Morgan fingerprint density at radius 1 is 1.15 bits per heavy atom. The number of ether oxygens (including phenoxy) is 1. The number of hydrogen-bond donors (Lipinski definition) is 2. The molecule has 2 amide bonds. The number of hydrogen-bond acceptors (Lipinski definition) is 4. The van der Waals surface area contributed by atoms with Crippen LogP contribution in [0.15, 0.2) is 36.4 Å². The predicted octanol–water partition coefficient (Wildman–Crippen LogP) is 2.05. The van der Waals surface area contributed by atoms with Crippen molar-refractivity contribution in [1.82, 2.24) is 10.6 Å². The average molecular weight is 358 g/mol. The average Bonchev–Trinajstić information content (AvgIpc) is 2.65. The Labute approximate surface area is 154 Å². The smallest absolute Gasteiger partial charge is 0.325 e. The van der Waals surface area contributed by atoms with Gasteiger partial charge in [-0.3, -0.25) is 14.4 Å². The van der Waals surface area contributed by atoms with E-state index in [1.807, 2.05) is 30.3 Å². The van der Waals surface area contributed by atoms with Gasteiger partial charge in [-0.05, 0) is 30.4 Å². The summed E-state index contributed by atoms with van der Waals surface area (Å²) in [6, 6.07) is 9.51. The fourth-order valence-corrected chi connectivity index (χ4v) is 2.93. The summed E-state index contributed by atoms with van der Waals surface area (Å²) in [7, 11) is 0. The van der Waals surface area contributed by atoms with E-state index >= 15 is 0 Å². The van der Waals surface area contributed by atoms with Crippen LogP contribution in [-0.4, -0.2) is 37.0 Å². The summed E-state index contributed by atoms with van der Waals surface area (Å²) in [6.45, 7) is 1.53. The summed E-state index contributed by atoms with van der Waals surface area (Å²) in [5.74, 6) is -0.893. The van der Waals surface area contributed by atoms with Crippen LogP contribution in [0, 0.1) is 5.92 Å². The van der Waals surface area contributed by atoms with Gasteiger partial charge in [-0.15, -0.1) is 0 Å². The predicted molar refractivity (Wildman–Crippen MR) is 99.0 cm³/mol. The van der Waals surface area contributed by atoms with Gasteiger partial charge in [0.25, 0.3) is 5.91 Å². The van der Waals surface area contributed by atoms with Crippen LogP contribution in [0.2, 0.25) is 0 Å². The maximum Gasteiger partial charge on any atom is 0.325 e. The fraction of sp³-hybridized carbons (Fsp3) is 0.450. The van der Waals surface area contributed by atoms with Gasteiger partial charge in [-0.25, -0.2) is 0 Å². The minimum Gasteiger partial charge on any atom is -0.454 e. The van der Waals surface area contributed by atoms with Gasteiger partial charge in [0.2, 0.25) is 5.91 Å². The van der Waals surface area contributed by atoms with Crippen molar-refractivity contribution in [1.29, 1.82) is 0 Å². The second kappa shape index (κ2) is 10.4. The molecule has 26 heavy (non-hydrogen) atoms. The first kappa shape index (κ1) is 19.7. The molecule has 0 saturated heterocycles. The lowest BCUT2D eigenvalue weighted by Crippen LogP contribution is -2.43. The molecule has 0 bridgehead atoms. The Kier molecular flexibility index (Phi) is 7.86. The van der Waals surface area contributed by atoms with Crippen molar-refractivity contribution < 1.29 is 19.1 Å². The molecule has 0 unspecified atom stereocenters. The van der Waals surface area contributed by atoms with E-state index in [4.69, 9.17) is 4.74 Å². The zero-order chi connectivity index (χ0) is 18.8. The third-order valence-electron chi connectivity index (χ3n) is 4.46. The Balaban J connectivity index is 1.63. The van der Waals surface area contributed by atoms with Gasteiger partial charge < -0.3 is 15.4 Å². The Hall–Kier alpha value is -2.63. The third-order valence-corrected chi connectivity index (χ3v) is 4.46. The zero-order valence-corrected chi connectivity index (χ0v) is 15.1. The van der Waals surface area contributed by atoms with Gasteiger partial charge in [0.15, 0.2) is 6.61 Å². The third kappa shape index (κ3) is 7.09. The van der Waals surface area contributed by atoms with Crippen molar-refractivity contribution in [2.75, 3.05) is 13.2 Å². The van der Waals surface area contributed by atoms with Crippen LogP contribution in [-0.2, 0) is 19.1 Å². The lowest BCUT2D eigenvalue weighted by Gasteiger charge is -2.29. The fourth-order valence-electron chi connectivity index (χ4n) is 2.93. The van der Waals surface area contributed by atoms with Crippen molar-refractivity contribution >= 4 is 23.9 Å². The van der Waals surface area contributed by atoms with E-state index in [0.717, 1.165) is 24.8 Å². The summed E-state index contributed by atoms with van der Waals surface area (Å²) < 4.78 is 4.90. The molecule has 140 valence electrons. The van der Waals surface area contributed by atoms with Crippen LogP contribution < -0.4 is 10.6 Å². The summed E-state index contributed by atoms with van der Waals surface area (Å²) in [5, 5.41) is 5.35. The maximum absolute atomic E-state index is 11.9. The van der Waals surface area contributed by atoms with Crippen molar-refractivity contribution in [2.45, 2.75) is 38.6 Å². The maximum atomic E-state index is 11.9. The first-order chi connectivity index (χ1) is 12.5. The number of amides is 2. The van der Waals surface area contributed by atoms with Gasteiger partial charge in [0, 0.05) is 12.1 Å². The minimum absolute atomic E-state index is 0.151. The van der Waals surface area contributed by atoms with Gasteiger partial charge >= 0.3 is 5.97 Å². The van der Waals surface area contributed by atoms with Crippen molar-refractivity contribution in [3.63, 3.8) is 0 Å². The van der Waals surface area contributed by atoms with E-state index in [2.05, 4.69) is 17.6 Å². The number of carbonyl (C=O) groups excluding carboxylic acids is 3. The molecule has 1 saturated carbocycles. The van der Waals surface area contributed by atoms with Crippen LogP contribution in [0.5, 0.6) is 0 Å². The van der Waals surface area contributed by atoms with Crippen LogP contribution in [0.1, 0.15) is 38.2 Å². The summed E-state index contributed by atoms with van der Waals surface area (Å²) in [6.07, 6.45) is 7.37. The number of benzene rings is 1. The lowest BCUT2D eigenvalue weighted by atomic mass is 9.86. The normalized spacial score (nSPS) is 19.7. The number of rotatable bonds is 7. The Bertz CT molecular complexity index is 642. The molecule has 2 rings (SSSR count). The van der Waals surface area contributed by atoms with E-state index in [0.29, 0.717) is 5.92 Å². The molecule has 1 fully saturated rings. The summed E-state index contributed by atoms with van der Waals surface area (Å²) >= 11 is 0. The molecule has 0 radical (unpaired) electrons. The second-order valence-electron chi connectivity index (χ2n) is 6.56. The van der Waals surface area contributed by atoms with E-state index in [9.17, 15) is 14.4 Å². The van der Waals surface area contributed by atoms with Crippen LogP contribution in [0.4, 0.5) is 0 Å². The van der Waals surface area contributed by atoms with Crippen molar-refractivity contribution in [3.05, 3.63) is 42.0 Å². The molecular formula is C20H26N2O4. The quantitative estimate of drug-likeness (QED) is 0.577. The highest BCUT2D eigenvalue weighted by Crippen LogP contribution is 2.23. The molecule has 2 N–H and O–H groups in total. The lowest BCUT2D eigenvalue weighted by molar-refractivity contribution is -0.148. The largest absolute Gasteiger partial charge is 0.454 e. The number of carbonyl (C=O) groups is 3. The monoisotopic (exact) mass is 358 g/mol. The molecule has 1 aliphatic carbocycles. The molecule has 0 heterocycles. The molecule has 0 aliphatic heterocycles. The standard InChI is InChI=1S/C20H26N2O4/c1-15-7-5-6-10-17(15)22-19(24)14-26-20(25)13-21-18(23)12-11-16-8-3-2-4-9-16/h2-4,8-9,11-12,15,17H,5-7,10,13-14H2,1H3,(H,21,23)(H,22,24)/b12-11+/t15-,17-/m1/s1. The van der Waals surface area contributed by atoms with E-state index in [1.54, 1.807) is 6.08 Å². The minimum atomic E-state index is -0.640. The Morgan fingerprint density at radius 2 is 1.88 bits per heavy atom. The molecule has 1 aliphatic rings. The summed E-state index contributed by atoms with van der Waals surface area (Å²) in [5.41, 5.74) is 0.888. The Morgan fingerprint density at radius 3 is 2.62 bits per heavy atom. The van der Waals surface area contributed by atoms with E-state index in [-0.39, 0.29) is 25.1 Å². The van der Waals surface area contributed by atoms with Crippen molar-refractivity contribution in [3.8, 4) is 0 Å². The molecule has 6 nitrogen and oxygen atoms in total. The highest BCUT2D eigenvalue weighted by atomic mass is 16.5. The topological polar surface area (TPSA) is 84.5 Å². The van der Waals surface area contributed by atoms with Gasteiger partial charge in [0.1, 0.15) is 6.54 Å². The first-order valence-corrected chi connectivity index (χ1v) is 9.00. The molecule has 2 atom stereocenters. The molecule has 0 aromatic heterocycles. The summed E-state index contributed by atoms with van der Waals surface area (Å²) in [4.78, 5) is 35.2. The molecule has 1 aromatic carbocycles. The van der Waals surface area contributed by atoms with Crippen LogP contribution in [0.3, 0.4) is 0 Å². The highest BCUT2D eigenvalue weighted by Gasteiger charge is 2.23. The highest BCUT2D eigenvalue weighted by molar-refractivity contribution is 5.93. The van der Waals surface area contributed by atoms with Crippen LogP contribution >= 0.6 is 0 Å². The van der Waals surface area contributed by atoms with E-state index in [1.165, 1.54) is 12.5 Å². The SMILES string of the molecule is C[C@@H]1CCCC[C@H]1NC(=O)COC(=O)CNC(=O)/C=C/c1ccccc1. The first-order valence-electron chi connectivity index (χ1n) is 9.00. The number of nitrogens with one attached hydrogen (secondary N) is 2. The van der Waals surface area contributed by atoms with Gasteiger partial charge in [-0.2, -0.15) is 0 Å². The second-order valence-corrected chi connectivity index (χ2v) is 6.56. The van der Waals surface area contributed by atoms with Gasteiger partial charge in [0.05, 0.1) is 0 Å². The van der Waals surface area contributed by atoms with Crippen LogP contribution in [0.25, 0.3) is 6.08 Å². The molecular weight excluding hydrogens is 332 g/mol. The van der Waals surface area contributed by atoms with Crippen molar-refractivity contribution in [2.24, 2.45) is 5.92 Å². The zero-order valence-electron chi connectivity index (χ0n) is 15.1.